The predicted octanol–water partition coefficient (Wildman–Crippen LogP) is 1.79. The highest BCUT2D eigenvalue weighted by molar-refractivity contribution is 5.56. The molecule has 0 aromatic carbocycles. The molecule has 17 heavy (non-hydrogen) atoms. The molecule has 2 rings (SSSR count). The van der Waals surface area contributed by atoms with E-state index in [1.54, 1.807) is 4.68 Å². The molecule has 0 aliphatic heterocycles. The van der Waals surface area contributed by atoms with Crippen LogP contribution in [0.25, 0.3) is 11.5 Å². The molecule has 2 heterocycles. The van der Waals surface area contributed by atoms with Gasteiger partial charge in [0, 0.05) is 31.5 Å². The molecule has 0 aliphatic carbocycles. The van der Waals surface area contributed by atoms with E-state index in [-0.39, 0.29) is 0 Å². The van der Waals surface area contributed by atoms with E-state index in [4.69, 9.17) is 0 Å². The zero-order chi connectivity index (χ0) is 12.4. The van der Waals surface area contributed by atoms with Crippen molar-refractivity contribution in [1.82, 2.24) is 19.7 Å². The third kappa shape index (κ3) is 2.13. The van der Waals surface area contributed by atoms with Gasteiger partial charge in [0.1, 0.15) is 11.5 Å². The maximum atomic E-state index is 4.51. The zero-order valence-corrected chi connectivity index (χ0v) is 10.7. The summed E-state index contributed by atoms with van der Waals surface area (Å²) >= 11 is 0. The fourth-order valence-corrected chi connectivity index (χ4v) is 1.88. The number of anilines is 1. The minimum absolute atomic E-state index is 0.671. The van der Waals surface area contributed by atoms with Gasteiger partial charge in [0.05, 0.1) is 0 Å². The maximum Gasteiger partial charge on any atom is 0.182 e. The summed E-state index contributed by atoms with van der Waals surface area (Å²) in [6.07, 6.45) is 2.81. The molecule has 0 unspecified atom stereocenters. The van der Waals surface area contributed by atoms with E-state index in [1.807, 2.05) is 33.3 Å². The molecular weight excluding hydrogens is 214 g/mol. The average Bonchev–Trinajstić information content (AvgIpc) is 2.74. The van der Waals surface area contributed by atoms with Gasteiger partial charge in [-0.15, -0.1) is 0 Å². The smallest absolute Gasteiger partial charge is 0.182 e. The molecule has 1 N–H and O–H groups in total. The number of nitrogens with zero attached hydrogens (tertiary/aromatic N) is 4. The molecule has 5 heteroatoms. The molecule has 0 aliphatic rings. The predicted molar refractivity (Wildman–Crippen MR) is 67.9 cm³/mol. The molecular formula is C12H17N5. The number of hydrogen-bond donors (Lipinski definition) is 1. The SMILES string of the molecule is CCc1c(C)nc(-c2ccn(C)n2)nc1NC. The van der Waals surface area contributed by atoms with Crippen molar-refractivity contribution in [1.29, 1.82) is 0 Å². The lowest BCUT2D eigenvalue weighted by atomic mass is 10.1. The van der Waals surface area contributed by atoms with Crippen molar-refractivity contribution in [3.05, 3.63) is 23.5 Å². The molecule has 0 atom stereocenters. The highest BCUT2D eigenvalue weighted by atomic mass is 15.3. The molecule has 0 saturated heterocycles. The van der Waals surface area contributed by atoms with Gasteiger partial charge in [-0.2, -0.15) is 5.10 Å². The number of aryl methyl sites for hydroxylation is 2. The summed E-state index contributed by atoms with van der Waals surface area (Å²) in [6, 6.07) is 1.92. The van der Waals surface area contributed by atoms with Crippen LogP contribution in [-0.2, 0) is 13.5 Å². The Balaban J connectivity index is 2.53. The lowest BCUT2D eigenvalue weighted by Gasteiger charge is -2.10. The van der Waals surface area contributed by atoms with E-state index < -0.39 is 0 Å². The summed E-state index contributed by atoms with van der Waals surface area (Å²) in [5, 5.41) is 7.44. The molecule has 5 nitrogen and oxygen atoms in total. The highest BCUT2D eigenvalue weighted by Gasteiger charge is 2.11. The van der Waals surface area contributed by atoms with E-state index in [0.29, 0.717) is 5.82 Å². The van der Waals surface area contributed by atoms with Gasteiger partial charge in [-0.05, 0) is 19.4 Å². The monoisotopic (exact) mass is 231 g/mol. The van der Waals surface area contributed by atoms with E-state index in [2.05, 4.69) is 27.3 Å². The van der Waals surface area contributed by atoms with Crippen LogP contribution in [0.15, 0.2) is 12.3 Å². The molecule has 90 valence electrons. The van der Waals surface area contributed by atoms with Crippen LogP contribution in [0.5, 0.6) is 0 Å². The van der Waals surface area contributed by atoms with E-state index >= 15 is 0 Å². The van der Waals surface area contributed by atoms with Gasteiger partial charge in [-0.3, -0.25) is 4.68 Å². The van der Waals surface area contributed by atoms with E-state index in [9.17, 15) is 0 Å². The Hall–Kier alpha value is -1.91. The van der Waals surface area contributed by atoms with Crippen molar-refractivity contribution >= 4 is 5.82 Å². The van der Waals surface area contributed by atoms with Crippen LogP contribution in [0.2, 0.25) is 0 Å². The van der Waals surface area contributed by atoms with Gasteiger partial charge < -0.3 is 5.32 Å². The molecule has 0 radical (unpaired) electrons. The maximum absolute atomic E-state index is 4.51. The summed E-state index contributed by atoms with van der Waals surface area (Å²) in [7, 11) is 3.76. The molecule has 2 aromatic heterocycles. The topological polar surface area (TPSA) is 55.6 Å². The van der Waals surface area contributed by atoms with Gasteiger partial charge >= 0.3 is 0 Å². The Labute approximate surface area is 101 Å². The van der Waals surface area contributed by atoms with Crippen LogP contribution in [-0.4, -0.2) is 26.8 Å². The molecule has 0 amide bonds. The second-order valence-electron chi connectivity index (χ2n) is 3.94. The first-order chi connectivity index (χ1) is 8.15. The molecule has 0 fully saturated rings. The Bertz CT molecular complexity index is 530. The second-order valence-corrected chi connectivity index (χ2v) is 3.94. The lowest BCUT2D eigenvalue weighted by Crippen LogP contribution is -2.05. The zero-order valence-electron chi connectivity index (χ0n) is 10.7. The quantitative estimate of drug-likeness (QED) is 0.875. The molecule has 2 aromatic rings. The summed E-state index contributed by atoms with van der Waals surface area (Å²) in [5.74, 6) is 1.56. The number of rotatable bonds is 3. The fourth-order valence-electron chi connectivity index (χ4n) is 1.88. The normalized spacial score (nSPS) is 10.6. The Kier molecular flexibility index (Phi) is 3.08. The first-order valence-electron chi connectivity index (χ1n) is 5.71. The van der Waals surface area contributed by atoms with Crippen molar-refractivity contribution in [3.8, 4) is 11.5 Å². The summed E-state index contributed by atoms with van der Waals surface area (Å²) in [4.78, 5) is 9.02. The summed E-state index contributed by atoms with van der Waals surface area (Å²) in [5.41, 5.74) is 2.97. The van der Waals surface area contributed by atoms with E-state index in [1.165, 1.54) is 0 Å². The minimum atomic E-state index is 0.671. The third-order valence-corrected chi connectivity index (χ3v) is 2.75. The van der Waals surface area contributed by atoms with Crippen LogP contribution < -0.4 is 5.32 Å². The Morgan fingerprint density at radius 1 is 1.35 bits per heavy atom. The van der Waals surface area contributed by atoms with Crippen molar-refractivity contribution < 1.29 is 0 Å². The van der Waals surface area contributed by atoms with Crippen LogP contribution in [0.4, 0.5) is 5.82 Å². The van der Waals surface area contributed by atoms with Crippen LogP contribution in [0, 0.1) is 6.92 Å². The number of aromatic nitrogens is 4. The fraction of sp³-hybridized carbons (Fsp3) is 0.417. The molecule has 0 saturated carbocycles. The molecule has 0 bridgehead atoms. The van der Waals surface area contributed by atoms with Gasteiger partial charge in [-0.25, -0.2) is 9.97 Å². The lowest BCUT2D eigenvalue weighted by molar-refractivity contribution is 0.768. The largest absolute Gasteiger partial charge is 0.373 e. The van der Waals surface area contributed by atoms with Gasteiger partial charge in [-0.1, -0.05) is 6.92 Å². The highest BCUT2D eigenvalue weighted by Crippen LogP contribution is 2.21. The van der Waals surface area contributed by atoms with Gasteiger partial charge in [0.25, 0.3) is 0 Å². The number of hydrogen-bond acceptors (Lipinski definition) is 4. The van der Waals surface area contributed by atoms with Crippen molar-refractivity contribution in [2.24, 2.45) is 7.05 Å². The third-order valence-electron chi connectivity index (χ3n) is 2.75. The van der Waals surface area contributed by atoms with Crippen LogP contribution in [0.1, 0.15) is 18.2 Å². The standard InChI is InChI=1S/C12H17N5/c1-5-9-8(2)14-12(15-11(9)13-3)10-6-7-17(4)16-10/h6-7H,5H2,1-4H3,(H,13,14,15). The minimum Gasteiger partial charge on any atom is -0.373 e. The van der Waals surface area contributed by atoms with Crippen molar-refractivity contribution in [2.75, 3.05) is 12.4 Å². The first kappa shape index (κ1) is 11.6. The average molecular weight is 231 g/mol. The summed E-state index contributed by atoms with van der Waals surface area (Å²) in [6.45, 7) is 4.11. The van der Waals surface area contributed by atoms with E-state index in [0.717, 1.165) is 29.2 Å². The molecule has 0 spiro atoms. The first-order valence-corrected chi connectivity index (χ1v) is 5.71. The van der Waals surface area contributed by atoms with Crippen LogP contribution >= 0.6 is 0 Å². The van der Waals surface area contributed by atoms with Gasteiger partial charge in [0.15, 0.2) is 5.82 Å². The van der Waals surface area contributed by atoms with Crippen LogP contribution in [0.3, 0.4) is 0 Å². The van der Waals surface area contributed by atoms with Crippen molar-refractivity contribution in [2.45, 2.75) is 20.3 Å². The Morgan fingerprint density at radius 2 is 2.12 bits per heavy atom. The van der Waals surface area contributed by atoms with Crippen molar-refractivity contribution in [3.63, 3.8) is 0 Å². The second kappa shape index (κ2) is 4.53. The number of nitrogens with one attached hydrogen (secondary N) is 1. The van der Waals surface area contributed by atoms with Gasteiger partial charge in [0.2, 0.25) is 0 Å². The summed E-state index contributed by atoms with van der Waals surface area (Å²) < 4.78 is 1.75. The Morgan fingerprint density at radius 3 is 2.65 bits per heavy atom.